The summed E-state index contributed by atoms with van der Waals surface area (Å²) in [4.78, 5) is 4.05. The van der Waals surface area contributed by atoms with E-state index in [1.54, 1.807) is 6.20 Å². The Morgan fingerprint density at radius 1 is 1.60 bits per heavy atom. The van der Waals surface area contributed by atoms with Crippen molar-refractivity contribution in [2.24, 2.45) is 5.92 Å². The molecule has 0 radical (unpaired) electrons. The Balaban J connectivity index is 2.15. The average molecular weight is 203 g/mol. The lowest BCUT2D eigenvalue weighted by atomic mass is 10.1. The number of nitrogens with one attached hydrogen (secondary N) is 1. The molecule has 1 aromatic heterocycles. The number of aromatic nitrogens is 1. The van der Waals surface area contributed by atoms with Crippen molar-refractivity contribution in [3.63, 3.8) is 0 Å². The molecule has 0 bridgehead atoms. The first-order valence-electron chi connectivity index (χ1n) is 5.36. The predicted molar refractivity (Wildman–Crippen MR) is 60.2 cm³/mol. The lowest BCUT2D eigenvalue weighted by molar-refractivity contribution is 0.554. The molecule has 0 fully saturated rings. The quantitative estimate of drug-likeness (QED) is 0.717. The molecule has 0 saturated heterocycles. The normalized spacial score (nSPS) is 12.0. The molecule has 15 heavy (non-hydrogen) atoms. The molecule has 3 heteroatoms. The van der Waals surface area contributed by atoms with Gasteiger partial charge in [-0.2, -0.15) is 5.26 Å². The number of nitrogens with zero attached hydrogens (tertiary/aromatic N) is 2. The van der Waals surface area contributed by atoms with Crippen LogP contribution in [-0.2, 0) is 6.42 Å². The summed E-state index contributed by atoms with van der Waals surface area (Å²) in [6.45, 7) is 3.73. The highest BCUT2D eigenvalue weighted by Gasteiger charge is 2.02. The zero-order valence-electron chi connectivity index (χ0n) is 9.11. The van der Waals surface area contributed by atoms with Crippen molar-refractivity contribution in [3.05, 3.63) is 30.1 Å². The minimum atomic E-state index is 0.138. The van der Waals surface area contributed by atoms with Gasteiger partial charge in [0.1, 0.15) is 0 Å². The molecule has 80 valence electrons. The Bertz CT molecular complexity index is 302. The van der Waals surface area contributed by atoms with Gasteiger partial charge in [-0.25, -0.2) is 0 Å². The van der Waals surface area contributed by atoms with Gasteiger partial charge in [0.05, 0.1) is 12.0 Å². The second-order valence-corrected chi connectivity index (χ2v) is 3.55. The molecule has 0 aliphatic rings. The summed E-state index contributed by atoms with van der Waals surface area (Å²) >= 11 is 0. The Morgan fingerprint density at radius 2 is 2.47 bits per heavy atom. The minimum absolute atomic E-state index is 0.138. The highest BCUT2D eigenvalue weighted by molar-refractivity contribution is 5.08. The third-order valence-electron chi connectivity index (χ3n) is 2.38. The van der Waals surface area contributed by atoms with Crippen LogP contribution in [0.4, 0.5) is 0 Å². The van der Waals surface area contributed by atoms with E-state index in [9.17, 15) is 0 Å². The maximum Gasteiger partial charge on any atom is 0.0669 e. The van der Waals surface area contributed by atoms with Gasteiger partial charge in [0.25, 0.3) is 0 Å². The fraction of sp³-hybridized carbons (Fsp3) is 0.500. The van der Waals surface area contributed by atoms with E-state index in [4.69, 9.17) is 5.26 Å². The molecular weight excluding hydrogens is 186 g/mol. The second kappa shape index (κ2) is 6.97. The molecule has 1 unspecified atom stereocenters. The van der Waals surface area contributed by atoms with Gasteiger partial charge in [-0.05, 0) is 31.0 Å². The Kier molecular flexibility index (Phi) is 5.42. The van der Waals surface area contributed by atoms with E-state index >= 15 is 0 Å². The van der Waals surface area contributed by atoms with E-state index in [1.807, 2.05) is 19.2 Å². The molecule has 1 N–H and O–H groups in total. The molecule has 3 nitrogen and oxygen atoms in total. The largest absolute Gasteiger partial charge is 0.315 e. The van der Waals surface area contributed by atoms with Crippen molar-refractivity contribution >= 4 is 0 Å². The molecule has 1 rings (SSSR count). The van der Waals surface area contributed by atoms with Crippen LogP contribution in [0, 0.1) is 17.2 Å². The minimum Gasteiger partial charge on any atom is -0.315 e. The first-order valence-corrected chi connectivity index (χ1v) is 5.36. The van der Waals surface area contributed by atoms with Crippen LogP contribution >= 0.6 is 0 Å². The van der Waals surface area contributed by atoms with Crippen molar-refractivity contribution in [2.75, 3.05) is 13.1 Å². The summed E-state index contributed by atoms with van der Waals surface area (Å²) in [5.41, 5.74) is 1.23. The SMILES string of the molecule is CCC(C#N)CNCCc1cccnc1. The lowest BCUT2D eigenvalue weighted by Crippen LogP contribution is -2.23. The van der Waals surface area contributed by atoms with Crippen LogP contribution in [0.5, 0.6) is 0 Å². The molecule has 0 aliphatic carbocycles. The summed E-state index contributed by atoms with van der Waals surface area (Å²) in [5, 5.41) is 12.0. The van der Waals surface area contributed by atoms with Crippen molar-refractivity contribution in [1.82, 2.24) is 10.3 Å². The lowest BCUT2D eigenvalue weighted by Gasteiger charge is -2.07. The standard InChI is InChI=1S/C12H17N3/c1-2-11(8-13)9-15-7-5-12-4-3-6-14-10-12/h3-4,6,10-11,15H,2,5,7,9H2,1H3. The Hall–Kier alpha value is -1.40. The zero-order chi connectivity index (χ0) is 10.9. The van der Waals surface area contributed by atoms with Gasteiger partial charge < -0.3 is 5.32 Å². The van der Waals surface area contributed by atoms with E-state index in [1.165, 1.54) is 5.56 Å². The van der Waals surface area contributed by atoms with Crippen molar-refractivity contribution in [2.45, 2.75) is 19.8 Å². The van der Waals surface area contributed by atoms with Crippen molar-refractivity contribution in [3.8, 4) is 6.07 Å². The fourth-order valence-corrected chi connectivity index (χ4v) is 1.34. The number of pyridine rings is 1. The molecule has 1 heterocycles. The maximum atomic E-state index is 8.74. The van der Waals surface area contributed by atoms with Crippen LogP contribution in [0.15, 0.2) is 24.5 Å². The molecule has 0 aromatic carbocycles. The first kappa shape index (κ1) is 11.7. The third-order valence-corrected chi connectivity index (χ3v) is 2.38. The third kappa shape index (κ3) is 4.57. The summed E-state index contributed by atoms with van der Waals surface area (Å²) in [6, 6.07) is 6.29. The first-order chi connectivity index (χ1) is 7.36. The van der Waals surface area contributed by atoms with Crippen LogP contribution in [-0.4, -0.2) is 18.1 Å². The molecule has 0 aliphatic heterocycles. The van der Waals surface area contributed by atoms with Gasteiger partial charge in [-0.3, -0.25) is 4.98 Å². The number of hydrogen-bond acceptors (Lipinski definition) is 3. The van der Waals surface area contributed by atoms with Gasteiger partial charge in [-0.15, -0.1) is 0 Å². The van der Waals surface area contributed by atoms with Crippen LogP contribution in [0.2, 0.25) is 0 Å². The number of rotatable bonds is 6. The number of nitriles is 1. The molecule has 0 amide bonds. The summed E-state index contributed by atoms with van der Waals surface area (Å²) < 4.78 is 0. The topological polar surface area (TPSA) is 48.7 Å². The van der Waals surface area contributed by atoms with E-state index in [0.717, 1.165) is 25.9 Å². The van der Waals surface area contributed by atoms with Gasteiger partial charge in [-0.1, -0.05) is 13.0 Å². The highest BCUT2D eigenvalue weighted by Crippen LogP contribution is 1.98. The van der Waals surface area contributed by atoms with Gasteiger partial charge >= 0.3 is 0 Å². The van der Waals surface area contributed by atoms with Crippen molar-refractivity contribution < 1.29 is 0 Å². The number of hydrogen-bond donors (Lipinski definition) is 1. The zero-order valence-corrected chi connectivity index (χ0v) is 9.11. The molecular formula is C12H17N3. The Labute approximate surface area is 91.1 Å². The van der Waals surface area contributed by atoms with Crippen LogP contribution < -0.4 is 5.32 Å². The van der Waals surface area contributed by atoms with E-state index in [-0.39, 0.29) is 5.92 Å². The van der Waals surface area contributed by atoms with Gasteiger partial charge in [0.15, 0.2) is 0 Å². The van der Waals surface area contributed by atoms with E-state index in [2.05, 4.69) is 22.4 Å². The fourth-order valence-electron chi connectivity index (χ4n) is 1.34. The van der Waals surface area contributed by atoms with Crippen molar-refractivity contribution in [1.29, 1.82) is 5.26 Å². The second-order valence-electron chi connectivity index (χ2n) is 3.55. The molecule has 1 atom stereocenters. The molecule has 0 saturated carbocycles. The maximum absolute atomic E-state index is 8.74. The smallest absolute Gasteiger partial charge is 0.0669 e. The van der Waals surface area contributed by atoms with Crippen LogP contribution in [0.3, 0.4) is 0 Å². The van der Waals surface area contributed by atoms with Crippen LogP contribution in [0.1, 0.15) is 18.9 Å². The molecule has 0 spiro atoms. The van der Waals surface area contributed by atoms with E-state index in [0.29, 0.717) is 0 Å². The highest BCUT2D eigenvalue weighted by atomic mass is 14.9. The summed E-state index contributed by atoms with van der Waals surface area (Å²) in [5.74, 6) is 0.138. The predicted octanol–water partition coefficient (Wildman–Crippen LogP) is 1.76. The summed E-state index contributed by atoms with van der Waals surface area (Å²) in [6.07, 6.45) is 5.54. The van der Waals surface area contributed by atoms with Gasteiger partial charge in [0, 0.05) is 18.9 Å². The van der Waals surface area contributed by atoms with Crippen LogP contribution in [0.25, 0.3) is 0 Å². The Morgan fingerprint density at radius 3 is 3.07 bits per heavy atom. The van der Waals surface area contributed by atoms with E-state index < -0.39 is 0 Å². The van der Waals surface area contributed by atoms with Gasteiger partial charge in [0.2, 0.25) is 0 Å². The summed E-state index contributed by atoms with van der Waals surface area (Å²) in [7, 11) is 0. The average Bonchev–Trinajstić information content (AvgIpc) is 2.31. The molecule has 1 aromatic rings. The monoisotopic (exact) mass is 203 g/mol.